The number of hydrogen-bond donors (Lipinski definition) is 2. The van der Waals surface area contributed by atoms with Crippen molar-refractivity contribution >= 4 is 0 Å². The van der Waals surface area contributed by atoms with E-state index in [1.54, 1.807) is 0 Å². The van der Waals surface area contributed by atoms with E-state index in [9.17, 15) is 0 Å². The fraction of sp³-hybridized carbons (Fsp3) is 1.00. The lowest BCUT2D eigenvalue weighted by Crippen LogP contribution is -2.41. The van der Waals surface area contributed by atoms with E-state index in [2.05, 4.69) is 24.5 Å². The smallest absolute Gasteiger partial charge is 0.00952 e. The van der Waals surface area contributed by atoms with Crippen molar-refractivity contribution in [3.05, 3.63) is 0 Å². The second kappa shape index (κ2) is 9.84. The van der Waals surface area contributed by atoms with Crippen molar-refractivity contribution in [1.82, 2.24) is 10.6 Å². The third kappa shape index (κ3) is 5.56. The van der Waals surface area contributed by atoms with Crippen molar-refractivity contribution in [3.8, 4) is 0 Å². The molecule has 0 aliphatic heterocycles. The van der Waals surface area contributed by atoms with Gasteiger partial charge in [-0.15, -0.1) is 0 Å². The summed E-state index contributed by atoms with van der Waals surface area (Å²) < 4.78 is 0. The Labute approximate surface area is 132 Å². The van der Waals surface area contributed by atoms with Crippen LogP contribution in [-0.2, 0) is 0 Å². The van der Waals surface area contributed by atoms with Crippen LogP contribution in [-0.4, -0.2) is 25.2 Å². The molecule has 0 spiro atoms. The highest BCUT2D eigenvalue weighted by Gasteiger charge is 2.24. The molecule has 4 atom stereocenters. The van der Waals surface area contributed by atoms with E-state index in [1.165, 1.54) is 83.7 Å². The first kappa shape index (κ1) is 17.3. The van der Waals surface area contributed by atoms with Gasteiger partial charge in [0.1, 0.15) is 0 Å². The highest BCUT2D eigenvalue weighted by atomic mass is 14.9. The highest BCUT2D eigenvalue weighted by Crippen LogP contribution is 2.27. The maximum atomic E-state index is 3.85. The van der Waals surface area contributed by atoms with Crippen LogP contribution in [0.1, 0.15) is 84.5 Å². The van der Waals surface area contributed by atoms with E-state index in [4.69, 9.17) is 0 Å². The summed E-state index contributed by atoms with van der Waals surface area (Å²) in [4.78, 5) is 0. The van der Waals surface area contributed by atoms with E-state index in [0.29, 0.717) is 0 Å². The second-order valence-corrected chi connectivity index (χ2v) is 7.38. The van der Waals surface area contributed by atoms with Gasteiger partial charge in [-0.05, 0) is 57.0 Å². The van der Waals surface area contributed by atoms with Crippen LogP contribution in [0.25, 0.3) is 0 Å². The molecule has 2 aliphatic carbocycles. The van der Waals surface area contributed by atoms with Crippen molar-refractivity contribution in [2.24, 2.45) is 11.8 Å². The standard InChI is InChI=1S/C19H38N2/c1-3-16-10-5-7-12-18(16)20-14-9-15-21-19-13-8-6-11-17(19)4-2/h16-21H,3-15H2,1-2H3. The van der Waals surface area contributed by atoms with Gasteiger partial charge in [-0.3, -0.25) is 0 Å². The number of hydrogen-bond acceptors (Lipinski definition) is 2. The molecule has 0 heterocycles. The summed E-state index contributed by atoms with van der Waals surface area (Å²) in [7, 11) is 0. The molecule has 124 valence electrons. The third-order valence-electron chi connectivity index (χ3n) is 6.03. The molecule has 4 unspecified atom stereocenters. The first-order chi connectivity index (χ1) is 10.3. The molecule has 2 aliphatic rings. The summed E-state index contributed by atoms with van der Waals surface area (Å²) in [5, 5.41) is 7.69. The monoisotopic (exact) mass is 294 g/mol. The van der Waals surface area contributed by atoms with E-state index < -0.39 is 0 Å². The topological polar surface area (TPSA) is 24.1 Å². The van der Waals surface area contributed by atoms with Gasteiger partial charge in [0.15, 0.2) is 0 Å². The van der Waals surface area contributed by atoms with Gasteiger partial charge in [-0.2, -0.15) is 0 Å². The van der Waals surface area contributed by atoms with Gasteiger partial charge in [0.2, 0.25) is 0 Å². The molecule has 0 bridgehead atoms. The van der Waals surface area contributed by atoms with Gasteiger partial charge >= 0.3 is 0 Å². The SMILES string of the molecule is CCC1CCCCC1NCCCNC1CCCCC1CC. The van der Waals surface area contributed by atoms with Gasteiger partial charge in [-0.25, -0.2) is 0 Å². The first-order valence-corrected chi connectivity index (χ1v) is 9.81. The van der Waals surface area contributed by atoms with Gasteiger partial charge in [0, 0.05) is 12.1 Å². The van der Waals surface area contributed by atoms with Crippen LogP contribution in [0.2, 0.25) is 0 Å². The van der Waals surface area contributed by atoms with Crippen LogP contribution >= 0.6 is 0 Å². The average molecular weight is 295 g/mol. The summed E-state index contributed by atoms with van der Waals surface area (Å²) in [5.41, 5.74) is 0. The zero-order chi connectivity index (χ0) is 14.9. The van der Waals surface area contributed by atoms with E-state index in [0.717, 1.165) is 23.9 Å². The first-order valence-electron chi connectivity index (χ1n) is 9.81. The zero-order valence-electron chi connectivity index (χ0n) is 14.5. The molecule has 0 saturated heterocycles. The van der Waals surface area contributed by atoms with Crippen LogP contribution in [0.4, 0.5) is 0 Å². The van der Waals surface area contributed by atoms with Crippen LogP contribution in [0.3, 0.4) is 0 Å². The molecule has 0 aromatic carbocycles. The summed E-state index contributed by atoms with van der Waals surface area (Å²) in [5.74, 6) is 1.88. The molecule has 2 fully saturated rings. The molecule has 0 aromatic rings. The Morgan fingerprint density at radius 1 is 0.667 bits per heavy atom. The summed E-state index contributed by atoms with van der Waals surface area (Å²) in [6.45, 7) is 7.13. The molecule has 2 N–H and O–H groups in total. The molecule has 0 amide bonds. The zero-order valence-corrected chi connectivity index (χ0v) is 14.5. The Kier molecular flexibility index (Phi) is 8.10. The van der Waals surface area contributed by atoms with Crippen molar-refractivity contribution < 1.29 is 0 Å². The van der Waals surface area contributed by atoms with Crippen LogP contribution in [0.5, 0.6) is 0 Å². The number of rotatable bonds is 8. The Morgan fingerprint density at radius 2 is 1.10 bits per heavy atom. The molecular weight excluding hydrogens is 256 g/mol. The third-order valence-corrected chi connectivity index (χ3v) is 6.03. The van der Waals surface area contributed by atoms with Crippen LogP contribution < -0.4 is 10.6 Å². The predicted molar refractivity (Wildman–Crippen MR) is 92.7 cm³/mol. The Hall–Kier alpha value is -0.0800. The molecule has 2 rings (SSSR count). The predicted octanol–water partition coefficient (Wildman–Crippen LogP) is 4.49. The van der Waals surface area contributed by atoms with Gasteiger partial charge in [0.25, 0.3) is 0 Å². The maximum absolute atomic E-state index is 3.85. The Bertz CT molecular complexity index is 240. The minimum atomic E-state index is 0.807. The van der Waals surface area contributed by atoms with Crippen molar-refractivity contribution in [3.63, 3.8) is 0 Å². The van der Waals surface area contributed by atoms with Crippen molar-refractivity contribution in [2.75, 3.05) is 13.1 Å². The lowest BCUT2D eigenvalue weighted by atomic mass is 9.82. The molecule has 2 nitrogen and oxygen atoms in total. The molecule has 2 saturated carbocycles. The molecule has 21 heavy (non-hydrogen) atoms. The normalized spacial score (nSPS) is 34.0. The summed E-state index contributed by atoms with van der Waals surface area (Å²) in [6, 6.07) is 1.61. The lowest BCUT2D eigenvalue weighted by Gasteiger charge is -2.33. The Balaban J connectivity index is 1.56. The highest BCUT2D eigenvalue weighted by molar-refractivity contribution is 4.81. The lowest BCUT2D eigenvalue weighted by molar-refractivity contribution is 0.245. The molecular formula is C19H38N2. The van der Waals surface area contributed by atoms with E-state index >= 15 is 0 Å². The fourth-order valence-electron chi connectivity index (χ4n) is 4.59. The Morgan fingerprint density at radius 3 is 1.52 bits per heavy atom. The maximum Gasteiger partial charge on any atom is 0.00952 e. The summed E-state index contributed by atoms with van der Waals surface area (Å²) >= 11 is 0. The van der Waals surface area contributed by atoms with Crippen LogP contribution in [0, 0.1) is 11.8 Å². The van der Waals surface area contributed by atoms with Crippen molar-refractivity contribution in [1.29, 1.82) is 0 Å². The van der Waals surface area contributed by atoms with Crippen molar-refractivity contribution in [2.45, 2.75) is 96.6 Å². The second-order valence-electron chi connectivity index (χ2n) is 7.38. The van der Waals surface area contributed by atoms with Gasteiger partial charge < -0.3 is 10.6 Å². The molecule has 0 aromatic heterocycles. The van der Waals surface area contributed by atoms with Crippen LogP contribution in [0.15, 0.2) is 0 Å². The van der Waals surface area contributed by atoms with E-state index in [1.807, 2.05) is 0 Å². The van der Waals surface area contributed by atoms with E-state index in [-0.39, 0.29) is 0 Å². The quantitative estimate of drug-likeness (QED) is 0.644. The minimum Gasteiger partial charge on any atom is -0.314 e. The average Bonchev–Trinajstić information content (AvgIpc) is 2.55. The molecule has 2 heteroatoms. The largest absolute Gasteiger partial charge is 0.314 e. The number of nitrogens with one attached hydrogen (secondary N) is 2. The summed E-state index contributed by atoms with van der Waals surface area (Å²) in [6.07, 6.45) is 15.5. The minimum absolute atomic E-state index is 0.807. The van der Waals surface area contributed by atoms with Gasteiger partial charge in [0.05, 0.1) is 0 Å². The van der Waals surface area contributed by atoms with Gasteiger partial charge in [-0.1, -0.05) is 52.4 Å². The molecule has 0 radical (unpaired) electrons. The fourth-order valence-corrected chi connectivity index (χ4v) is 4.59.